The Morgan fingerprint density at radius 1 is 0.492 bits per heavy atom. The molecule has 6 unspecified atom stereocenters. The van der Waals surface area contributed by atoms with Crippen molar-refractivity contribution >= 4 is 19.8 Å². The third kappa shape index (κ3) is 30.5. The molecule has 0 spiro atoms. The first-order valence-corrected chi connectivity index (χ1v) is 24.5. The third-order valence-corrected chi connectivity index (χ3v) is 10.9. The second-order valence-electron chi connectivity index (χ2n) is 15.5. The fourth-order valence-electron chi connectivity index (χ4n) is 6.27. The lowest BCUT2D eigenvalue weighted by Crippen LogP contribution is -2.64. The summed E-state index contributed by atoms with van der Waals surface area (Å²) in [6.45, 7) is 3.01. The van der Waals surface area contributed by atoms with Crippen molar-refractivity contribution in [3.8, 4) is 0 Å². The number of allylic oxidation sites excluding steroid dienone is 16. The largest absolute Gasteiger partial charge is 0.472 e. The molecule has 1 fully saturated rings. The maximum absolute atomic E-state index is 12.8. The Labute approximate surface area is 377 Å². The summed E-state index contributed by atoms with van der Waals surface area (Å²) in [6.07, 6.45) is 37.4. The van der Waals surface area contributed by atoms with Gasteiger partial charge < -0.3 is 39.9 Å². The number of phosphoric ester groups is 1. The van der Waals surface area contributed by atoms with Crippen molar-refractivity contribution in [2.45, 2.75) is 185 Å². The zero-order valence-electron chi connectivity index (χ0n) is 37.8. The molecule has 0 saturated heterocycles. The van der Waals surface area contributed by atoms with Gasteiger partial charge in [-0.15, -0.1) is 0 Å². The summed E-state index contributed by atoms with van der Waals surface area (Å²) in [6, 6.07) is 0. The molecular weight excluding hydrogens is 828 g/mol. The van der Waals surface area contributed by atoms with Crippen molar-refractivity contribution in [1.82, 2.24) is 0 Å². The van der Waals surface area contributed by atoms with E-state index in [2.05, 4.69) is 111 Å². The van der Waals surface area contributed by atoms with Gasteiger partial charge in [0.05, 0.1) is 6.61 Å². The Kier molecular flexibility index (Phi) is 34.9. The summed E-state index contributed by atoms with van der Waals surface area (Å²) in [5, 5.41) is 50.2. The molecule has 14 heteroatoms. The van der Waals surface area contributed by atoms with E-state index in [0.717, 1.165) is 103 Å². The summed E-state index contributed by atoms with van der Waals surface area (Å²) in [5.41, 5.74) is 0. The molecule has 6 atom stereocenters. The molecule has 1 rings (SSSR count). The normalized spacial score (nSPS) is 22.6. The molecule has 1 aliphatic rings. The van der Waals surface area contributed by atoms with Crippen molar-refractivity contribution in [3.63, 3.8) is 0 Å². The van der Waals surface area contributed by atoms with Crippen LogP contribution in [0.3, 0.4) is 0 Å². The highest BCUT2D eigenvalue weighted by Crippen LogP contribution is 2.47. The van der Waals surface area contributed by atoms with Crippen LogP contribution in [0.25, 0.3) is 0 Å². The number of carbonyl (C=O) groups excluding carboxylic acids is 2. The first-order chi connectivity index (χ1) is 30.4. The highest BCUT2D eigenvalue weighted by Gasteiger charge is 2.51. The van der Waals surface area contributed by atoms with Crippen LogP contribution in [0.4, 0.5) is 0 Å². The number of aliphatic hydroxyl groups excluding tert-OH is 5. The summed E-state index contributed by atoms with van der Waals surface area (Å²) < 4.78 is 33.5. The molecule has 0 aromatic heterocycles. The molecule has 0 aliphatic heterocycles. The highest BCUT2D eigenvalue weighted by atomic mass is 31.2. The molecule has 0 aromatic carbocycles. The van der Waals surface area contributed by atoms with Gasteiger partial charge in [0.25, 0.3) is 0 Å². The van der Waals surface area contributed by atoms with E-state index in [-0.39, 0.29) is 12.8 Å². The minimum atomic E-state index is -5.14. The van der Waals surface area contributed by atoms with Crippen LogP contribution < -0.4 is 0 Å². The first kappa shape index (κ1) is 57.8. The van der Waals surface area contributed by atoms with Crippen LogP contribution in [-0.4, -0.2) is 98.3 Å². The Morgan fingerprint density at radius 2 is 0.857 bits per heavy atom. The lowest BCUT2D eigenvalue weighted by molar-refractivity contribution is -0.220. The quantitative estimate of drug-likeness (QED) is 0.0150. The molecule has 0 amide bonds. The number of hydrogen-bond donors (Lipinski definition) is 6. The van der Waals surface area contributed by atoms with Gasteiger partial charge in [0.2, 0.25) is 0 Å². The van der Waals surface area contributed by atoms with Gasteiger partial charge >= 0.3 is 19.8 Å². The first-order valence-electron chi connectivity index (χ1n) is 23.0. The van der Waals surface area contributed by atoms with Crippen LogP contribution in [0.15, 0.2) is 97.2 Å². The van der Waals surface area contributed by atoms with E-state index < -0.39 is 75.7 Å². The minimum Gasteiger partial charge on any atom is -0.462 e. The average molecular weight is 907 g/mol. The van der Waals surface area contributed by atoms with Crippen LogP contribution in [0.1, 0.15) is 142 Å². The standard InChI is InChI=1S/C49H79O13P/c1-3-5-7-9-11-13-15-17-19-20-21-22-24-26-28-30-32-34-36-38-43(51)61-41(40-60-63(57,58)62-49-47(55)45(53)44(52)46(54)48(49)56)39-59-42(50)37-35-33-31-29-27-25-23-18-16-14-12-10-8-6-4-2/h5-8,11-14,17-19,21-23,26,28,41,44-49,52-56H,3-4,9-10,15-16,20,24-25,27,29-40H2,1-2H3,(H,57,58)/b7-5-,8-6-,13-11-,14-12-,19-17-,22-21-,23-18-,28-26-. The number of hydrogen-bond acceptors (Lipinski definition) is 12. The molecule has 63 heavy (non-hydrogen) atoms. The van der Waals surface area contributed by atoms with Crippen molar-refractivity contribution in [3.05, 3.63) is 97.2 Å². The molecule has 6 N–H and O–H groups in total. The van der Waals surface area contributed by atoms with Gasteiger partial charge in [0.15, 0.2) is 6.10 Å². The lowest BCUT2D eigenvalue weighted by atomic mass is 9.85. The van der Waals surface area contributed by atoms with E-state index in [9.17, 15) is 44.6 Å². The summed E-state index contributed by atoms with van der Waals surface area (Å²) in [4.78, 5) is 35.7. The SMILES string of the molecule is CC/C=C\C/C=C\C/C=C\C/C=C\C/C=C\CCCCCC(=O)OC(COC(=O)CCCCCCC/C=C\C/C=C\C/C=C\CC)COP(=O)(O)OC1C(O)C(O)C(O)C(O)C1O. The van der Waals surface area contributed by atoms with E-state index in [1.165, 1.54) is 0 Å². The molecule has 13 nitrogen and oxygen atoms in total. The van der Waals surface area contributed by atoms with Gasteiger partial charge in [0.1, 0.15) is 43.2 Å². The second-order valence-corrected chi connectivity index (χ2v) is 16.9. The molecule has 1 aliphatic carbocycles. The van der Waals surface area contributed by atoms with Gasteiger partial charge in [-0.1, -0.05) is 137 Å². The van der Waals surface area contributed by atoms with Crippen molar-refractivity contribution in [1.29, 1.82) is 0 Å². The second kappa shape index (κ2) is 38.1. The van der Waals surface area contributed by atoms with Gasteiger partial charge in [0, 0.05) is 12.8 Å². The summed E-state index contributed by atoms with van der Waals surface area (Å²) in [5.74, 6) is -1.17. The molecule has 1 saturated carbocycles. The van der Waals surface area contributed by atoms with Crippen LogP contribution in [0.5, 0.6) is 0 Å². The maximum Gasteiger partial charge on any atom is 0.472 e. The number of rotatable bonds is 36. The van der Waals surface area contributed by atoms with Crippen LogP contribution >= 0.6 is 7.82 Å². The van der Waals surface area contributed by atoms with Crippen molar-refractivity contribution in [2.75, 3.05) is 13.2 Å². The zero-order chi connectivity index (χ0) is 46.4. The highest BCUT2D eigenvalue weighted by molar-refractivity contribution is 7.47. The average Bonchev–Trinajstić information content (AvgIpc) is 3.26. The zero-order valence-corrected chi connectivity index (χ0v) is 38.7. The molecule has 0 bridgehead atoms. The maximum atomic E-state index is 12.8. The topological polar surface area (TPSA) is 210 Å². The van der Waals surface area contributed by atoms with Crippen molar-refractivity contribution < 1.29 is 63.1 Å². The number of aliphatic hydroxyl groups is 5. The number of phosphoric acid groups is 1. The number of ether oxygens (including phenoxy) is 2. The van der Waals surface area contributed by atoms with Gasteiger partial charge in [-0.3, -0.25) is 18.6 Å². The summed E-state index contributed by atoms with van der Waals surface area (Å²) >= 11 is 0. The molecule has 358 valence electrons. The van der Waals surface area contributed by atoms with Gasteiger partial charge in [-0.25, -0.2) is 4.57 Å². The van der Waals surface area contributed by atoms with Crippen LogP contribution in [0, 0.1) is 0 Å². The minimum absolute atomic E-state index is 0.0474. The van der Waals surface area contributed by atoms with E-state index in [0.29, 0.717) is 12.8 Å². The Morgan fingerprint density at radius 3 is 1.32 bits per heavy atom. The third-order valence-electron chi connectivity index (χ3n) is 9.92. The Bertz CT molecular complexity index is 1470. The molecular formula is C49H79O13P. The predicted octanol–water partition coefficient (Wildman–Crippen LogP) is 9.05. The van der Waals surface area contributed by atoms with Gasteiger partial charge in [-0.2, -0.15) is 0 Å². The number of carbonyl (C=O) groups is 2. The van der Waals surface area contributed by atoms with E-state index in [1.807, 2.05) is 0 Å². The molecule has 0 aromatic rings. The van der Waals surface area contributed by atoms with E-state index >= 15 is 0 Å². The van der Waals surface area contributed by atoms with E-state index in [1.54, 1.807) is 0 Å². The number of esters is 2. The lowest BCUT2D eigenvalue weighted by Gasteiger charge is -2.41. The fourth-order valence-corrected chi connectivity index (χ4v) is 7.24. The smallest absolute Gasteiger partial charge is 0.462 e. The monoisotopic (exact) mass is 907 g/mol. The van der Waals surface area contributed by atoms with Gasteiger partial charge in [-0.05, 0) is 89.9 Å². The Balaban J connectivity index is 2.51. The summed E-state index contributed by atoms with van der Waals surface area (Å²) in [7, 11) is -5.14. The van der Waals surface area contributed by atoms with Crippen molar-refractivity contribution in [2.24, 2.45) is 0 Å². The number of unbranched alkanes of at least 4 members (excludes halogenated alkanes) is 8. The van der Waals surface area contributed by atoms with Crippen LogP contribution in [-0.2, 0) is 32.7 Å². The predicted molar refractivity (Wildman–Crippen MR) is 248 cm³/mol. The Hall–Kier alpha value is -3.23. The fraction of sp³-hybridized carbons (Fsp3) is 0.633. The van der Waals surface area contributed by atoms with E-state index in [4.69, 9.17) is 18.5 Å². The molecule has 0 radical (unpaired) electrons. The van der Waals surface area contributed by atoms with Crippen LogP contribution in [0.2, 0.25) is 0 Å². The molecule has 0 heterocycles.